The van der Waals surface area contributed by atoms with Crippen LogP contribution in [0.2, 0.25) is 0 Å². The second kappa shape index (κ2) is 4.87. The Balaban J connectivity index is 2.77. The molecule has 0 atom stereocenters. The number of alkyl halides is 1. The smallest absolute Gasteiger partial charge is 0.123 e. The molecule has 0 saturated carbocycles. The fourth-order valence-corrected chi connectivity index (χ4v) is 1.16. The van der Waals surface area contributed by atoms with Crippen LogP contribution in [0.15, 0.2) is 18.3 Å². The van der Waals surface area contributed by atoms with Crippen LogP contribution >= 0.6 is 11.6 Å². The number of allylic oxidation sites excluding steroid dienone is 1. The molecule has 1 rings (SSSR count). The van der Waals surface area contributed by atoms with Gasteiger partial charge in [-0.1, -0.05) is 12.2 Å². The van der Waals surface area contributed by atoms with Crippen molar-refractivity contribution in [2.75, 3.05) is 11.6 Å². The van der Waals surface area contributed by atoms with Gasteiger partial charge < -0.3 is 5.73 Å². The summed E-state index contributed by atoms with van der Waals surface area (Å²) in [5.74, 6) is 1.21. The molecule has 2 nitrogen and oxygen atoms in total. The van der Waals surface area contributed by atoms with E-state index >= 15 is 0 Å². The van der Waals surface area contributed by atoms with E-state index < -0.39 is 0 Å². The molecule has 1 aromatic heterocycles. The molecule has 0 unspecified atom stereocenters. The van der Waals surface area contributed by atoms with Crippen LogP contribution < -0.4 is 5.73 Å². The minimum atomic E-state index is 0.562. The van der Waals surface area contributed by atoms with Crippen molar-refractivity contribution in [3.8, 4) is 0 Å². The molecule has 0 amide bonds. The average molecular weight is 197 g/mol. The Morgan fingerprint density at radius 3 is 3.00 bits per heavy atom. The summed E-state index contributed by atoms with van der Waals surface area (Å²) in [6, 6.07) is 1.86. The van der Waals surface area contributed by atoms with Gasteiger partial charge in [0.25, 0.3) is 0 Å². The monoisotopic (exact) mass is 196 g/mol. The lowest BCUT2D eigenvalue weighted by molar-refractivity contribution is 1.23. The van der Waals surface area contributed by atoms with Gasteiger partial charge in [-0.25, -0.2) is 4.98 Å². The number of halogens is 1. The molecule has 0 bridgehead atoms. The number of pyridine rings is 1. The molecular weight excluding hydrogens is 184 g/mol. The summed E-state index contributed by atoms with van der Waals surface area (Å²) in [6.07, 6.45) is 6.71. The number of aryl methyl sites for hydroxylation is 1. The Morgan fingerprint density at radius 2 is 2.38 bits per heavy atom. The molecular formula is C10H13ClN2. The first-order valence-corrected chi connectivity index (χ1v) is 4.72. The zero-order valence-corrected chi connectivity index (χ0v) is 8.38. The molecule has 70 valence electrons. The highest BCUT2D eigenvalue weighted by molar-refractivity contribution is 6.17. The van der Waals surface area contributed by atoms with Crippen LogP contribution in [0.25, 0.3) is 6.08 Å². The molecule has 0 aliphatic heterocycles. The number of hydrogen-bond donors (Lipinski definition) is 1. The summed E-state index contributed by atoms with van der Waals surface area (Å²) in [5.41, 5.74) is 7.76. The maximum Gasteiger partial charge on any atom is 0.123 e. The maximum atomic E-state index is 5.55. The summed E-state index contributed by atoms with van der Waals surface area (Å²) in [6.45, 7) is 2.01. The van der Waals surface area contributed by atoms with E-state index in [1.54, 1.807) is 6.20 Å². The van der Waals surface area contributed by atoms with Gasteiger partial charge in [0, 0.05) is 12.1 Å². The number of nitrogens with zero attached hydrogens (tertiary/aromatic N) is 1. The van der Waals surface area contributed by atoms with Crippen LogP contribution in [-0.2, 0) is 0 Å². The molecule has 13 heavy (non-hydrogen) atoms. The number of nitrogen functional groups attached to an aromatic ring is 1. The number of rotatable bonds is 3. The molecule has 0 aliphatic carbocycles. The summed E-state index contributed by atoms with van der Waals surface area (Å²) < 4.78 is 0. The Hall–Kier alpha value is -1.02. The van der Waals surface area contributed by atoms with Crippen LogP contribution in [-0.4, -0.2) is 10.9 Å². The van der Waals surface area contributed by atoms with Gasteiger partial charge in [0.2, 0.25) is 0 Å². The van der Waals surface area contributed by atoms with Gasteiger partial charge in [-0.3, -0.25) is 0 Å². The summed E-state index contributed by atoms with van der Waals surface area (Å²) in [4.78, 5) is 4.01. The Kier molecular flexibility index (Phi) is 3.77. The lowest BCUT2D eigenvalue weighted by Gasteiger charge is -1.99. The topological polar surface area (TPSA) is 38.9 Å². The second-order valence-corrected chi connectivity index (χ2v) is 3.22. The normalized spacial score (nSPS) is 10.9. The standard InChI is InChI=1S/C10H13ClN2/c1-8-6-10(12)13-7-9(8)4-2-3-5-11/h2,4,6-7H,3,5H2,1H3,(H2,12,13). The average Bonchev–Trinajstić information content (AvgIpc) is 2.09. The molecule has 0 spiro atoms. The Morgan fingerprint density at radius 1 is 1.62 bits per heavy atom. The van der Waals surface area contributed by atoms with Crippen LogP contribution in [0.5, 0.6) is 0 Å². The fourth-order valence-electron chi connectivity index (χ4n) is 1.04. The van der Waals surface area contributed by atoms with Crippen LogP contribution in [0, 0.1) is 6.92 Å². The summed E-state index contributed by atoms with van der Waals surface area (Å²) >= 11 is 5.55. The fraction of sp³-hybridized carbons (Fsp3) is 0.300. The number of aromatic nitrogens is 1. The highest BCUT2D eigenvalue weighted by Crippen LogP contribution is 2.11. The van der Waals surface area contributed by atoms with Gasteiger partial charge in [-0.2, -0.15) is 0 Å². The van der Waals surface area contributed by atoms with Crippen molar-refractivity contribution in [2.24, 2.45) is 0 Å². The van der Waals surface area contributed by atoms with E-state index in [-0.39, 0.29) is 0 Å². The Bertz CT molecular complexity index is 308. The van der Waals surface area contributed by atoms with E-state index in [1.165, 1.54) is 0 Å². The van der Waals surface area contributed by atoms with Gasteiger partial charge in [0.05, 0.1) is 0 Å². The second-order valence-electron chi connectivity index (χ2n) is 2.85. The van der Waals surface area contributed by atoms with E-state index in [1.807, 2.05) is 25.1 Å². The van der Waals surface area contributed by atoms with Gasteiger partial charge in [-0.15, -0.1) is 11.6 Å². The van der Waals surface area contributed by atoms with Crippen molar-refractivity contribution in [3.63, 3.8) is 0 Å². The molecule has 0 saturated heterocycles. The first kappa shape index (κ1) is 10.1. The van der Waals surface area contributed by atoms with Gasteiger partial charge >= 0.3 is 0 Å². The Labute approximate surface area is 83.4 Å². The molecule has 1 aromatic rings. The van der Waals surface area contributed by atoms with Gasteiger partial charge in [0.15, 0.2) is 0 Å². The van der Waals surface area contributed by atoms with Crippen LogP contribution in [0.1, 0.15) is 17.5 Å². The predicted octanol–water partition coefficient (Wildman–Crippen LogP) is 2.61. The summed E-state index contributed by atoms with van der Waals surface area (Å²) in [5, 5.41) is 0. The first-order valence-electron chi connectivity index (χ1n) is 4.18. The highest BCUT2D eigenvalue weighted by Gasteiger charge is 1.94. The summed E-state index contributed by atoms with van der Waals surface area (Å²) in [7, 11) is 0. The lowest BCUT2D eigenvalue weighted by Crippen LogP contribution is -1.91. The predicted molar refractivity (Wildman–Crippen MR) is 57.8 cm³/mol. The van der Waals surface area contributed by atoms with Crippen molar-refractivity contribution < 1.29 is 0 Å². The van der Waals surface area contributed by atoms with Crippen LogP contribution in [0.3, 0.4) is 0 Å². The molecule has 0 aliphatic rings. The quantitative estimate of drug-likeness (QED) is 0.755. The van der Waals surface area contributed by atoms with Crippen molar-refractivity contribution in [2.45, 2.75) is 13.3 Å². The zero-order chi connectivity index (χ0) is 9.68. The van der Waals surface area contributed by atoms with E-state index in [9.17, 15) is 0 Å². The third-order valence-corrected chi connectivity index (χ3v) is 1.96. The van der Waals surface area contributed by atoms with Gasteiger partial charge in [-0.05, 0) is 30.5 Å². The molecule has 2 N–H and O–H groups in total. The van der Waals surface area contributed by atoms with Crippen molar-refractivity contribution in [1.29, 1.82) is 0 Å². The third-order valence-electron chi connectivity index (χ3n) is 1.75. The molecule has 0 aromatic carbocycles. The zero-order valence-electron chi connectivity index (χ0n) is 7.63. The van der Waals surface area contributed by atoms with Gasteiger partial charge in [0.1, 0.15) is 5.82 Å². The third kappa shape index (κ3) is 3.07. The van der Waals surface area contributed by atoms with E-state index in [0.717, 1.165) is 17.5 Å². The molecule has 3 heteroatoms. The maximum absolute atomic E-state index is 5.55. The molecule has 0 fully saturated rings. The first-order chi connectivity index (χ1) is 6.24. The number of nitrogens with two attached hydrogens (primary N) is 1. The number of hydrogen-bond acceptors (Lipinski definition) is 2. The van der Waals surface area contributed by atoms with Crippen molar-refractivity contribution in [3.05, 3.63) is 29.5 Å². The van der Waals surface area contributed by atoms with E-state index in [4.69, 9.17) is 17.3 Å². The largest absolute Gasteiger partial charge is 0.384 e. The minimum absolute atomic E-state index is 0.562. The van der Waals surface area contributed by atoms with E-state index in [2.05, 4.69) is 4.98 Å². The van der Waals surface area contributed by atoms with Crippen molar-refractivity contribution >= 4 is 23.5 Å². The van der Waals surface area contributed by atoms with E-state index in [0.29, 0.717) is 11.7 Å². The molecule has 1 heterocycles. The van der Waals surface area contributed by atoms with Crippen LogP contribution in [0.4, 0.5) is 5.82 Å². The minimum Gasteiger partial charge on any atom is -0.384 e. The molecule has 0 radical (unpaired) electrons. The number of anilines is 1. The highest BCUT2D eigenvalue weighted by atomic mass is 35.5. The lowest BCUT2D eigenvalue weighted by atomic mass is 10.1. The SMILES string of the molecule is Cc1cc(N)ncc1C=CCCCl. The van der Waals surface area contributed by atoms with Crippen molar-refractivity contribution in [1.82, 2.24) is 4.98 Å².